The van der Waals surface area contributed by atoms with E-state index in [1.54, 1.807) is 17.6 Å². The molecular formula is C10H9BrClNOS. The molecule has 0 spiro atoms. The molecule has 2 aromatic heterocycles. The number of rotatable bonds is 3. The summed E-state index contributed by atoms with van der Waals surface area (Å²) in [6, 6.07) is 3.77. The summed E-state index contributed by atoms with van der Waals surface area (Å²) in [5.41, 5.74) is 6.89. The predicted octanol–water partition coefficient (Wildman–Crippen LogP) is 4.00. The van der Waals surface area contributed by atoms with Crippen LogP contribution in [0.15, 0.2) is 32.7 Å². The first kappa shape index (κ1) is 11.2. The summed E-state index contributed by atoms with van der Waals surface area (Å²) in [6.45, 7) is 0. The normalized spacial score (nSPS) is 13.0. The maximum absolute atomic E-state index is 6.03. The maximum atomic E-state index is 6.03. The average Bonchev–Trinajstić information content (AvgIpc) is 2.75. The summed E-state index contributed by atoms with van der Waals surface area (Å²) in [4.78, 5) is 1.23. The van der Waals surface area contributed by atoms with Crippen molar-refractivity contribution in [3.8, 4) is 0 Å². The second-order valence-electron chi connectivity index (χ2n) is 3.19. The minimum atomic E-state index is -0.109. The molecule has 2 heterocycles. The van der Waals surface area contributed by atoms with Gasteiger partial charge in [0.05, 0.1) is 6.26 Å². The molecule has 0 saturated heterocycles. The van der Waals surface area contributed by atoms with Gasteiger partial charge in [0.15, 0.2) is 5.22 Å². The summed E-state index contributed by atoms with van der Waals surface area (Å²) in [5.74, 6) is 0. The van der Waals surface area contributed by atoms with Crippen LogP contribution < -0.4 is 5.73 Å². The van der Waals surface area contributed by atoms with E-state index in [-0.39, 0.29) is 6.04 Å². The number of nitrogens with two attached hydrogens (primary N) is 1. The quantitative estimate of drug-likeness (QED) is 0.931. The summed E-state index contributed by atoms with van der Waals surface area (Å²) in [6.07, 6.45) is 2.33. The molecule has 15 heavy (non-hydrogen) atoms. The molecule has 5 heteroatoms. The fourth-order valence-corrected chi connectivity index (χ4v) is 3.12. The van der Waals surface area contributed by atoms with Gasteiger partial charge in [-0.25, -0.2) is 0 Å². The van der Waals surface area contributed by atoms with Crippen LogP contribution in [0.25, 0.3) is 0 Å². The van der Waals surface area contributed by atoms with Crippen LogP contribution in [0.5, 0.6) is 0 Å². The van der Waals surface area contributed by atoms with Crippen molar-refractivity contribution < 1.29 is 4.42 Å². The number of hydrogen-bond acceptors (Lipinski definition) is 3. The Morgan fingerprint density at radius 2 is 2.40 bits per heavy atom. The first-order chi connectivity index (χ1) is 7.16. The van der Waals surface area contributed by atoms with E-state index in [1.807, 2.05) is 11.4 Å². The van der Waals surface area contributed by atoms with E-state index in [4.69, 9.17) is 21.8 Å². The van der Waals surface area contributed by atoms with Crippen LogP contribution in [0.1, 0.15) is 16.5 Å². The standard InChI is InChI=1S/C10H9BrClNOS/c11-6-3-7(15-5-6)4-9(13)8-1-2-14-10(8)12/h1-3,5,9H,4,13H2. The highest BCUT2D eigenvalue weighted by Gasteiger charge is 2.14. The van der Waals surface area contributed by atoms with Crippen LogP contribution >= 0.6 is 38.9 Å². The molecule has 0 aliphatic carbocycles. The van der Waals surface area contributed by atoms with E-state index in [1.165, 1.54) is 4.88 Å². The van der Waals surface area contributed by atoms with Gasteiger partial charge in [-0.15, -0.1) is 11.3 Å². The van der Waals surface area contributed by atoms with Gasteiger partial charge in [-0.3, -0.25) is 0 Å². The Bertz CT molecular complexity index is 454. The maximum Gasteiger partial charge on any atom is 0.197 e. The number of furan rings is 1. The first-order valence-electron chi connectivity index (χ1n) is 4.38. The lowest BCUT2D eigenvalue weighted by Gasteiger charge is -2.07. The molecule has 0 aliphatic heterocycles. The van der Waals surface area contributed by atoms with E-state index < -0.39 is 0 Å². The zero-order valence-electron chi connectivity index (χ0n) is 7.74. The highest BCUT2D eigenvalue weighted by atomic mass is 79.9. The van der Waals surface area contributed by atoms with Crippen molar-refractivity contribution in [1.29, 1.82) is 0 Å². The van der Waals surface area contributed by atoms with Crippen molar-refractivity contribution in [3.05, 3.63) is 43.9 Å². The Morgan fingerprint density at radius 1 is 1.60 bits per heavy atom. The van der Waals surface area contributed by atoms with E-state index in [0.29, 0.717) is 5.22 Å². The second kappa shape index (κ2) is 4.70. The van der Waals surface area contributed by atoms with Crippen molar-refractivity contribution in [3.63, 3.8) is 0 Å². The highest BCUT2D eigenvalue weighted by Crippen LogP contribution is 2.28. The first-order valence-corrected chi connectivity index (χ1v) is 6.43. The van der Waals surface area contributed by atoms with Gasteiger partial charge in [0.25, 0.3) is 0 Å². The molecule has 2 aromatic rings. The number of hydrogen-bond donors (Lipinski definition) is 1. The second-order valence-corrected chi connectivity index (χ2v) is 5.45. The molecule has 2 N–H and O–H groups in total. The van der Waals surface area contributed by atoms with Crippen LogP contribution in [-0.4, -0.2) is 0 Å². The topological polar surface area (TPSA) is 39.2 Å². The Hall–Kier alpha value is -0.290. The van der Waals surface area contributed by atoms with E-state index in [0.717, 1.165) is 16.5 Å². The minimum absolute atomic E-state index is 0.109. The zero-order chi connectivity index (χ0) is 10.8. The molecule has 1 unspecified atom stereocenters. The predicted molar refractivity (Wildman–Crippen MR) is 66.4 cm³/mol. The lowest BCUT2D eigenvalue weighted by atomic mass is 10.1. The van der Waals surface area contributed by atoms with Crippen molar-refractivity contribution in [2.45, 2.75) is 12.5 Å². The van der Waals surface area contributed by atoms with Gasteiger partial charge in [-0.1, -0.05) is 0 Å². The van der Waals surface area contributed by atoms with Gasteiger partial charge in [-0.05, 0) is 39.7 Å². The molecule has 0 aliphatic rings. The molecule has 0 saturated carbocycles. The Morgan fingerprint density at radius 3 is 2.93 bits per heavy atom. The zero-order valence-corrected chi connectivity index (χ0v) is 10.9. The molecule has 0 aromatic carbocycles. The fourth-order valence-electron chi connectivity index (χ4n) is 1.36. The lowest BCUT2D eigenvalue weighted by molar-refractivity contribution is 0.561. The largest absolute Gasteiger partial charge is 0.453 e. The average molecular weight is 307 g/mol. The summed E-state index contributed by atoms with van der Waals surface area (Å²) in [7, 11) is 0. The SMILES string of the molecule is NC(Cc1cc(Br)cs1)c1ccoc1Cl. The van der Waals surface area contributed by atoms with Gasteiger partial charge in [0, 0.05) is 32.8 Å². The van der Waals surface area contributed by atoms with Gasteiger partial charge in [0.1, 0.15) is 0 Å². The molecule has 0 bridgehead atoms. The van der Waals surface area contributed by atoms with Crippen molar-refractivity contribution >= 4 is 38.9 Å². The van der Waals surface area contributed by atoms with Crippen molar-refractivity contribution in [1.82, 2.24) is 0 Å². The number of halogens is 2. The minimum Gasteiger partial charge on any atom is -0.453 e. The third-order valence-corrected chi connectivity index (χ3v) is 4.12. The third-order valence-electron chi connectivity index (χ3n) is 2.09. The van der Waals surface area contributed by atoms with E-state index in [9.17, 15) is 0 Å². The van der Waals surface area contributed by atoms with Crippen molar-refractivity contribution in [2.24, 2.45) is 5.73 Å². The van der Waals surface area contributed by atoms with Crippen LogP contribution in [0.4, 0.5) is 0 Å². The van der Waals surface area contributed by atoms with Gasteiger partial charge in [0.2, 0.25) is 0 Å². The molecule has 2 rings (SSSR count). The molecular weight excluding hydrogens is 298 g/mol. The van der Waals surface area contributed by atoms with E-state index in [2.05, 4.69) is 22.0 Å². The van der Waals surface area contributed by atoms with E-state index >= 15 is 0 Å². The van der Waals surface area contributed by atoms with Gasteiger partial charge >= 0.3 is 0 Å². The monoisotopic (exact) mass is 305 g/mol. The Kier molecular flexibility index (Phi) is 3.51. The molecule has 0 amide bonds. The molecule has 80 valence electrons. The van der Waals surface area contributed by atoms with Crippen LogP contribution in [0.3, 0.4) is 0 Å². The highest BCUT2D eigenvalue weighted by molar-refractivity contribution is 9.10. The van der Waals surface area contributed by atoms with Crippen molar-refractivity contribution in [2.75, 3.05) is 0 Å². The Balaban J connectivity index is 2.10. The molecule has 1 atom stereocenters. The van der Waals surface area contributed by atoms with Crippen LogP contribution in [-0.2, 0) is 6.42 Å². The smallest absolute Gasteiger partial charge is 0.197 e. The molecule has 0 fully saturated rings. The van der Waals surface area contributed by atoms with Gasteiger partial charge < -0.3 is 10.2 Å². The Labute approximate surface area is 105 Å². The van der Waals surface area contributed by atoms with Crippen LogP contribution in [0.2, 0.25) is 5.22 Å². The fraction of sp³-hybridized carbons (Fsp3) is 0.200. The lowest BCUT2D eigenvalue weighted by Crippen LogP contribution is -2.12. The summed E-state index contributed by atoms with van der Waals surface area (Å²) < 4.78 is 6.10. The van der Waals surface area contributed by atoms with Gasteiger partial charge in [-0.2, -0.15) is 0 Å². The molecule has 2 nitrogen and oxygen atoms in total. The third kappa shape index (κ3) is 2.64. The number of thiophene rings is 1. The molecule has 0 radical (unpaired) electrons. The van der Waals surface area contributed by atoms with Crippen LogP contribution in [0, 0.1) is 0 Å². The summed E-state index contributed by atoms with van der Waals surface area (Å²) >= 11 is 10.9. The summed E-state index contributed by atoms with van der Waals surface area (Å²) in [5, 5.41) is 2.43.